The van der Waals surface area contributed by atoms with Crippen LogP contribution in [0.15, 0.2) is 0 Å². The van der Waals surface area contributed by atoms with Gasteiger partial charge < -0.3 is 4.74 Å². The second kappa shape index (κ2) is 7.21. The van der Waals surface area contributed by atoms with Gasteiger partial charge in [0.2, 0.25) is 0 Å². The van der Waals surface area contributed by atoms with Crippen LogP contribution >= 0.6 is 0 Å². The monoisotopic (exact) mass is 234 g/mol. The number of hydrogen-bond donors (Lipinski definition) is 0. The van der Waals surface area contributed by atoms with Gasteiger partial charge in [-0.3, -0.25) is 0 Å². The van der Waals surface area contributed by atoms with Crippen LogP contribution in [0.1, 0.15) is 58.8 Å². The maximum Gasteiger partial charge on any atom is 0.345 e. The molecule has 0 radical (unpaired) electrons. The first kappa shape index (κ1) is 13.9. The van der Waals surface area contributed by atoms with Gasteiger partial charge in [-0.25, -0.2) is 0 Å². The molecule has 0 amide bonds. The van der Waals surface area contributed by atoms with Crippen molar-refractivity contribution in [1.82, 2.24) is 0 Å². The van der Waals surface area contributed by atoms with Crippen LogP contribution in [-0.2, 0) is 4.74 Å². The maximum absolute atomic E-state index is 12.0. The summed E-state index contributed by atoms with van der Waals surface area (Å²) >= 11 is 0. The molecule has 1 fully saturated rings. The first-order chi connectivity index (χ1) is 7.67. The van der Waals surface area contributed by atoms with E-state index in [1.165, 1.54) is 19.3 Å². The van der Waals surface area contributed by atoms with E-state index >= 15 is 0 Å². The molecule has 0 heterocycles. The van der Waals surface area contributed by atoms with E-state index in [9.17, 15) is 8.78 Å². The summed E-state index contributed by atoms with van der Waals surface area (Å²) < 4.78 is 28.7. The lowest BCUT2D eigenvalue weighted by Crippen LogP contribution is -2.27. The van der Waals surface area contributed by atoms with Crippen molar-refractivity contribution in [2.45, 2.75) is 71.5 Å². The van der Waals surface area contributed by atoms with Gasteiger partial charge in [-0.2, -0.15) is 8.78 Å². The molecule has 96 valence electrons. The zero-order chi connectivity index (χ0) is 12.0. The van der Waals surface area contributed by atoms with E-state index in [1.807, 2.05) is 0 Å². The molecule has 0 saturated heterocycles. The second-order valence-corrected chi connectivity index (χ2v) is 4.89. The van der Waals surface area contributed by atoms with Crippen molar-refractivity contribution in [2.24, 2.45) is 11.8 Å². The van der Waals surface area contributed by atoms with Crippen molar-refractivity contribution >= 4 is 0 Å². The lowest BCUT2D eigenvalue weighted by atomic mass is 9.76. The van der Waals surface area contributed by atoms with Gasteiger partial charge >= 0.3 is 6.61 Å². The Hall–Kier alpha value is -0.180. The SMILES string of the molecule is CCCC(CC)C1CCC(OC(F)F)CC1. The summed E-state index contributed by atoms with van der Waals surface area (Å²) in [5.41, 5.74) is 0. The Morgan fingerprint density at radius 3 is 2.19 bits per heavy atom. The van der Waals surface area contributed by atoms with Crippen LogP contribution in [0.4, 0.5) is 8.78 Å². The van der Waals surface area contributed by atoms with E-state index in [2.05, 4.69) is 18.6 Å². The van der Waals surface area contributed by atoms with Crippen molar-refractivity contribution < 1.29 is 13.5 Å². The van der Waals surface area contributed by atoms with Crippen LogP contribution < -0.4 is 0 Å². The smallest absolute Gasteiger partial charge is 0.320 e. The molecule has 1 rings (SSSR count). The minimum absolute atomic E-state index is 0.199. The molecular formula is C13H24F2O. The zero-order valence-electron chi connectivity index (χ0n) is 10.4. The van der Waals surface area contributed by atoms with E-state index in [0.29, 0.717) is 0 Å². The Balaban J connectivity index is 2.29. The number of halogens is 2. The zero-order valence-corrected chi connectivity index (χ0v) is 10.4. The number of alkyl halides is 2. The van der Waals surface area contributed by atoms with E-state index in [-0.39, 0.29) is 6.10 Å². The Labute approximate surface area is 97.6 Å². The van der Waals surface area contributed by atoms with Gasteiger partial charge in [0.15, 0.2) is 0 Å². The largest absolute Gasteiger partial charge is 0.345 e. The highest BCUT2D eigenvalue weighted by molar-refractivity contribution is 4.77. The summed E-state index contributed by atoms with van der Waals surface area (Å²) in [6.07, 6.45) is 7.29. The molecule has 16 heavy (non-hydrogen) atoms. The van der Waals surface area contributed by atoms with Gasteiger partial charge in [0.25, 0.3) is 0 Å². The fraction of sp³-hybridized carbons (Fsp3) is 1.00. The highest BCUT2D eigenvalue weighted by atomic mass is 19.3. The Morgan fingerprint density at radius 1 is 1.12 bits per heavy atom. The lowest BCUT2D eigenvalue weighted by molar-refractivity contribution is -0.172. The maximum atomic E-state index is 12.0. The van der Waals surface area contributed by atoms with Crippen LogP contribution in [0.2, 0.25) is 0 Å². The van der Waals surface area contributed by atoms with Gasteiger partial charge in [0.1, 0.15) is 0 Å². The Morgan fingerprint density at radius 2 is 1.75 bits per heavy atom. The molecule has 0 aromatic rings. The molecule has 1 aliphatic carbocycles. The molecule has 1 saturated carbocycles. The third-order valence-corrected chi connectivity index (χ3v) is 3.86. The van der Waals surface area contributed by atoms with Gasteiger partial charge in [-0.15, -0.1) is 0 Å². The first-order valence-corrected chi connectivity index (χ1v) is 6.60. The summed E-state index contributed by atoms with van der Waals surface area (Å²) in [5.74, 6) is 1.53. The Kier molecular flexibility index (Phi) is 6.25. The molecule has 0 bridgehead atoms. The molecule has 0 aromatic carbocycles. The fourth-order valence-electron chi connectivity index (χ4n) is 2.99. The number of rotatable bonds is 6. The van der Waals surface area contributed by atoms with Gasteiger partial charge in [-0.05, 0) is 37.5 Å². The van der Waals surface area contributed by atoms with Gasteiger partial charge in [0, 0.05) is 0 Å². The van der Waals surface area contributed by atoms with Gasteiger partial charge in [0.05, 0.1) is 6.10 Å². The van der Waals surface area contributed by atoms with Crippen molar-refractivity contribution in [3.05, 3.63) is 0 Å². The summed E-state index contributed by atoms with van der Waals surface area (Å²) in [6.45, 7) is 1.86. The molecule has 0 spiro atoms. The minimum atomic E-state index is -2.60. The van der Waals surface area contributed by atoms with Crippen LogP contribution in [0.25, 0.3) is 0 Å². The van der Waals surface area contributed by atoms with E-state index < -0.39 is 6.61 Å². The standard InChI is InChI=1S/C13H24F2O/c1-3-5-10(4-2)11-6-8-12(9-7-11)16-13(14)15/h10-13H,3-9H2,1-2H3. The number of hydrogen-bond acceptors (Lipinski definition) is 1. The normalized spacial score (nSPS) is 28.3. The summed E-state index contributed by atoms with van der Waals surface area (Å²) in [7, 11) is 0. The molecule has 0 aliphatic heterocycles. The predicted molar refractivity (Wildman–Crippen MR) is 61.5 cm³/mol. The van der Waals surface area contributed by atoms with Gasteiger partial charge in [-0.1, -0.05) is 33.1 Å². The number of ether oxygens (including phenoxy) is 1. The molecule has 3 heteroatoms. The molecule has 1 atom stereocenters. The predicted octanol–water partition coefficient (Wildman–Crippen LogP) is 4.61. The Bertz CT molecular complexity index is 177. The van der Waals surface area contributed by atoms with Crippen LogP contribution in [0.3, 0.4) is 0 Å². The summed E-state index contributed by atoms with van der Waals surface area (Å²) in [5, 5.41) is 0. The van der Waals surface area contributed by atoms with Crippen LogP contribution in [0.5, 0.6) is 0 Å². The second-order valence-electron chi connectivity index (χ2n) is 4.89. The molecule has 1 unspecified atom stereocenters. The van der Waals surface area contributed by atoms with Crippen molar-refractivity contribution in [3.8, 4) is 0 Å². The minimum Gasteiger partial charge on any atom is -0.320 e. The molecule has 0 N–H and O–H groups in total. The summed E-state index contributed by atoms with van der Waals surface area (Å²) in [6, 6.07) is 0. The quantitative estimate of drug-likeness (QED) is 0.652. The van der Waals surface area contributed by atoms with Crippen molar-refractivity contribution in [3.63, 3.8) is 0 Å². The van der Waals surface area contributed by atoms with Crippen molar-refractivity contribution in [2.75, 3.05) is 0 Å². The third kappa shape index (κ3) is 4.36. The first-order valence-electron chi connectivity index (χ1n) is 6.60. The fourth-order valence-corrected chi connectivity index (χ4v) is 2.99. The molecule has 0 aromatic heterocycles. The van der Waals surface area contributed by atoms with Crippen LogP contribution in [-0.4, -0.2) is 12.7 Å². The van der Waals surface area contributed by atoms with Crippen LogP contribution in [0, 0.1) is 11.8 Å². The highest BCUT2D eigenvalue weighted by Gasteiger charge is 2.27. The average Bonchev–Trinajstić information content (AvgIpc) is 2.26. The van der Waals surface area contributed by atoms with E-state index in [0.717, 1.165) is 37.5 Å². The highest BCUT2D eigenvalue weighted by Crippen LogP contribution is 2.35. The third-order valence-electron chi connectivity index (χ3n) is 3.86. The van der Waals surface area contributed by atoms with E-state index in [1.54, 1.807) is 0 Å². The van der Waals surface area contributed by atoms with E-state index in [4.69, 9.17) is 0 Å². The summed E-state index contributed by atoms with van der Waals surface area (Å²) in [4.78, 5) is 0. The molecule has 1 nitrogen and oxygen atoms in total. The van der Waals surface area contributed by atoms with Crippen molar-refractivity contribution in [1.29, 1.82) is 0 Å². The molecule has 1 aliphatic rings. The molecular weight excluding hydrogens is 210 g/mol. The topological polar surface area (TPSA) is 9.23 Å². The lowest BCUT2D eigenvalue weighted by Gasteiger charge is -2.33. The average molecular weight is 234 g/mol.